The molecule has 0 radical (unpaired) electrons. The summed E-state index contributed by atoms with van der Waals surface area (Å²) in [7, 11) is -3.86. The molecule has 1 aromatic heterocycles. The fourth-order valence-electron chi connectivity index (χ4n) is 8.62. The average Bonchev–Trinajstić information content (AvgIpc) is 3.67. The van der Waals surface area contributed by atoms with Crippen LogP contribution in [-0.4, -0.2) is 99.2 Å². The molecule has 14 nitrogen and oxygen atoms in total. The molecule has 6 atom stereocenters. The predicted octanol–water partition coefficient (Wildman–Crippen LogP) is 3.94. The van der Waals surface area contributed by atoms with E-state index in [0.717, 1.165) is 22.5 Å². The maximum absolute atomic E-state index is 14.7. The number of hydrogen-bond acceptors (Lipinski definition) is 10. The number of sulfonamides is 1. The molecule has 3 fully saturated rings. The molecule has 1 spiro atoms. The lowest BCUT2D eigenvalue weighted by molar-refractivity contribution is -0.142. The number of benzene rings is 1. The number of alkyl carbamates (subject to hydrolysis) is 1. The highest BCUT2D eigenvalue weighted by atomic mass is 32.2. The van der Waals surface area contributed by atoms with Crippen molar-refractivity contribution in [2.24, 2.45) is 5.92 Å². The molecule has 0 bridgehead atoms. The number of ether oxygens (including phenoxy) is 2. The zero-order valence-corrected chi connectivity index (χ0v) is 32.2. The average molecular weight is 766 g/mol. The van der Waals surface area contributed by atoms with E-state index in [1.54, 1.807) is 27.7 Å². The van der Waals surface area contributed by atoms with Crippen molar-refractivity contribution in [1.29, 1.82) is 0 Å². The number of nitrogens with one attached hydrogen (secondary N) is 2. The number of aryl methyl sites for hydroxylation is 1. The Morgan fingerprint density at radius 1 is 1.07 bits per heavy atom. The van der Waals surface area contributed by atoms with Crippen LogP contribution in [0.4, 0.5) is 4.79 Å². The van der Waals surface area contributed by atoms with E-state index < -0.39 is 74.7 Å². The van der Waals surface area contributed by atoms with Crippen molar-refractivity contribution in [3.63, 3.8) is 0 Å². The lowest BCUT2D eigenvalue weighted by Crippen LogP contribution is -2.59. The number of rotatable bonds is 2. The summed E-state index contributed by atoms with van der Waals surface area (Å²) < 4.78 is 39.4. The van der Waals surface area contributed by atoms with Gasteiger partial charge in [0.25, 0.3) is 5.91 Å². The zero-order valence-electron chi connectivity index (χ0n) is 31.4. The van der Waals surface area contributed by atoms with Gasteiger partial charge in [-0.25, -0.2) is 22.5 Å². The van der Waals surface area contributed by atoms with Crippen LogP contribution in [-0.2, 0) is 29.1 Å². The number of nitrogens with zero attached hydrogens (tertiary/aromatic N) is 3. The second kappa shape index (κ2) is 14.1. The molecule has 292 valence electrons. The predicted molar refractivity (Wildman–Crippen MR) is 199 cm³/mol. The molecule has 4 aliphatic heterocycles. The van der Waals surface area contributed by atoms with E-state index in [1.165, 1.54) is 4.90 Å². The fourth-order valence-corrected chi connectivity index (χ4v) is 10.2. The smallest absolute Gasteiger partial charge is 0.408 e. The van der Waals surface area contributed by atoms with Gasteiger partial charge in [-0.1, -0.05) is 43.2 Å². The topological polar surface area (TPSA) is 185 Å². The molecule has 54 heavy (non-hydrogen) atoms. The quantitative estimate of drug-likeness (QED) is 0.379. The summed E-state index contributed by atoms with van der Waals surface area (Å²) in [5.41, 5.74) is -1.71. The Balaban J connectivity index is 1.26. The highest BCUT2D eigenvalue weighted by Crippen LogP contribution is 2.50. The first kappa shape index (κ1) is 38.1. The summed E-state index contributed by atoms with van der Waals surface area (Å²) in [6, 6.07) is 5.23. The molecular weight excluding hydrogens is 715 g/mol. The van der Waals surface area contributed by atoms with Crippen LogP contribution in [0, 0.1) is 12.8 Å². The Morgan fingerprint density at radius 2 is 1.85 bits per heavy atom. The van der Waals surface area contributed by atoms with Crippen LogP contribution in [0.5, 0.6) is 5.75 Å². The van der Waals surface area contributed by atoms with Gasteiger partial charge in [-0.15, -0.1) is 0 Å². The SMILES string of the molecule is Cc1nc2ccccc2c2c1O[C@]1(CC2O)C[C@H]2C(=O)N[C@]3(C(=O)N4CCCCS4(=O)=O)C[C@H]3/C=C\CCCCC[C@H](NC(=O)OC(C)(C)C)C(=O)N2C1. The molecular formula is C39H51N5O9S. The first-order valence-corrected chi connectivity index (χ1v) is 20.7. The molecule has 1 saturated carbocycles. The van der Waals surface area contributed by atoms with E-state index in [-0.39, 0.29) is 38.1 Å². The Labute approximate surface area is 316 Å². The minimum Gasteiger partial charge on any atom is -0.483 e. The maximum atomic E-state index is 14.7. The normalized spacial score (nSPS) is 31.9. The van der Waals surface area contributed by atoms with Gasteiger partial charge < -0.3 is 30.1 Å². The number of carbonyl (C=O) groups is 4. The number of para-hydroxylation sites is 1. The van der Waals surface area contributed by atoms with Crippen molar-refractivity contribution < 1.29 is 42.2 Å². The van der Waals surface area contributed by atoms with Crippen LogP contribution < -0.4 is 15.4 Å². The molecule has 2 aromatic rings. The van der Waals surface area contributed by atoms with Gasteiger partial charge in [-0.05, 0) is 72.3 Å². The third-order valence-corrected chi connectivity index (χ3v) is 13.1. The van der Waals surface area contributed by atoms with Crippen molar-refractivity contribution in [3.8, 4) is 5.75 Å². The van der Waals surface area contributed by atoms with Crippen molar-refractivity contribution in [3.05, 3.63) is 47.7 Å². The second-order valence-electron chi connectivity index (χ2n) is 16.6. The van der Waals surface area contributed by atoms with Gasteiger partial charge >= 0.3 is 6.09 Å². The summed E-state index contributed by atoms with van der Waals surface area (Å²) in [5.74, 6) is -2.01. The minimum absolute atomic E-state index is 0.0285. The summed E-state index contributed by atoms with van der Waals surface area (Å²) in [5, 5.41) is 18.2. The van der Waals surface area contributed by atoms with Gasteiger partial charge in [-0.2, -0.15) is 0 Å². The first-order chi connectivity index (χ1) is 25.5. The van der Waals surface area contributed by atoms with E-state index in [1.807, 2.05) is 36.4 Å². The van der Waals surface area contributed by atoms with Gasteiger partial charge in [0.2, 0.25) is 21.8 Å². The van der Waals surface area contributed by atoms with Crippen molar-refractivity contribution in [1.82, 2.24) is 24.8 Å². The van der Waals surface area contributed by atoms with Gasteiger partial charge in [0.05, 0.1) is 29.6 Å². The highest BCUT2D eigenvalue weighted by Gasteiger charge is 2.64. The number of amides is 4. The van der Waals surface area contributed by atoms with Crippen LogP contribution in [0.15, 0.2) is 36.4 Å². The Morgan fingerprint density at radius 3 is 2.61 bits per heavy atom. The Hall–Kier alpha value is -4.24. The minimum atomic E-state index is -3.86. The molecule has 1 unspecified atom stereocenters. The van der Waals surface area contributed by atoms with Gasteiger partial charge in [0, 0.05) is 36.3 Å². The second-order valence-corrected chi connectivity index (χ2v) is 18.6. The Kier molecular flexibility index (Phi) is 9.95. The lowest BCUT2D eigenvalue weighted by atomic mass is 9.85. The number of hydrogen-bond donors (Lipinski definition) is 3. The molecule has 5 heterocycles. The summed E-state index contributed by atoms with van der Waals surface area (Å²) in [6.45, 7) is 6.91. The third-order valence-electron chi connectivity index (χ3n) is 11.3. The molecule has 3 N–H and O–H groups in total. The van der Waals surface area contributed by atoms with Crippen LogP contribution in [0.1, 0.15) is 102 Å². The van der Waals surface area contributed by atoms with E-state index in [0.29, 0.717) is 54.6 Å². The summed E-state index contributed by atoms with van der Waals surface area (Å²) >= 11 is 0. The van der Waals surface area contributed by atoms with Crippen molar-refractivity contribution >= 4 is 44.7 Å². The number of allylic oxidation sites excluding steroid dienone is 1. The molecule has 1 aromatic carbocycles. The lowest BCUT2D eigenvalue weighted by Gasteiger charge is -2.39. The van der Waals surface area contributed by atoms with Crippen LogP contribution in [0.3, 0.4) is 0 Å². The number of aliphatic hydroxyl groups excluding tert-OH is 1. The molecule has 4 amide bonds. The molecule has 2 saturated heterocycles. The van der Waals surface area contributed by atoms with E-state index >= 15 is 0 Å². The summed E-state index contributed by atoms with van der Waals surface area (Å²) in [4.78, 5) is 62.8. The van der Waals surface area contributed by atoms with E-state index in [9.17, 15) is 32.7 Å². The van der Waals surface area contributed by atoms with E-state index in [2.05, 4.69) is 10.6 Å². The molecule has 5 aliphatic rings. The van der Waals surface area contributed by atoms with Gasteiger partial charge in [0.1, 0.15) is 34.6 Å². The Bertz CT molecular complexity index is 2000. The molecule has 7 rings (SSSR count). The monoisotopic (exact) mass is 765 g/mol. The van der Waals surface area contributed by atoms with E-state index in [4.69, 9.17) is 14.5 Å². The fraction of sp³-hybridized carbons (Fsp3) is 0.615. The number of fused-ring (bicyclic) bond motifs is 5. The highest BCUT2D eigenvalue weighted by molar-refractivity contribution is 7.89. The largest absolute Gasteiger partial charge is 0.483 e. The summed E-state index contributed by atoms with van der Waals surface area (Å²) in [6.07, 6.45) is 6.43. The maximum Gasteiger partial charge on any atom is 0.408 e. The van der Waals surface area contributed by atoms with Crippen LogP contribution >= 0.6 is 0 Å². The number of aromatic nitrogens is 1. The molecule has 15 heteroatoms. The van der Waals surface area contributed by atoms with Crippen molar-refractivity contribution in [2.45, 2.75) is 127 Å². The zero-order chi connectivity index (χ0) is 38.6. The van der Waals surface area contributed by atoms with Gasteiger partial charge in [0.15, 0.2) is 0 Å². The van der Waals surface area contributed by atoms with Gasteiger partial charge in [-0.3, -0.25) is 14.4 Å². The first-order valence-electron chi connectivity index (χ1n) is 19.1. The van der Waals surface area contributed by atoms with Crippen LogP contribution in [0.2, 0.25) is 0 Å². The number of pyridine rings is 1. The van der Waals surface area contributed by atoms with Crippen LogP contribution in [0.25, 0.3) is 10.9 Å². The standard InChI is InChI=1S/C39H51N5O9S/c1-24-32-31(26-15-10-11-16-27(26)40-24)30(45)22-38(52-32)21-29-33(46)42-39(35(48)44-18-12-13-19-54(44,50)51)20-25(39)14-8-6-5-7-9-17-28(34(47)43(29)23-38)41-36(49)53-37(2,3)4/h8,10-11,14-16,25,28-30,45H,5-7,9,12-13,17-23H2,1-4H3,(H,41,49)(H,42,46)/b14-8-/t25-,28+,29+,30?,38+,39-/m1/s1. The number of carbonyl (C=O) groups excluding carboxylic acids is 4. The molecule has 1 aliphatic carbocycles. The number of aliphatic hydroxyl groups is 1. The third kappa shape index (κ3) is 7.28. The van der Waals surface area contributed by atoms with Crippen molar-refractivity contribution in [2.75, 3.05) is 18.8 Å².